The second-order valence-corrected chi connectivity index (χ2v) is 7.32. The Morgan fingerprint density at radius 3 is 2.68 bits per heavy atom. The molecular formula is C22H27FN2O3. The number of halogens is 1. The number of anilines is 1. The third-order valence-electron chi connectivity index (χ3n) is 4.70. The van der Waals surface area contributed by atoms with E-state index in [0.717, 1.165) is 29.8 Å². The van der Waals surface area contributed by atoms with E-state index < -0.39 is 11.8 Å². The van der Waals surface area contributed by atoms with E-state index in [1.54, 1.807) is 12.1 Å². The first kappa shape index (κ1) is 21.6. The Balaban J connectivity index is 2.45. The van der Waals surface area contributed by atoms with Gasteiger partial charge in [-0.15, -0.1) is 0 Å². The molecule has 6 heteroatoms. The number of esters is 1. The summed E-state index contributed by atoms with van der Waals surface area (Å²) in [5.74, 6) is -1.28. The molecule has 1 aromatic carbocycles. The summed E-state index contributed by atoms with van der Waals surface area (Å²) in [7, 11) is 1.48. The molecule has 1 aliphatic heterocycles. The number of nitrogens with zero attached hydrogens (tertiary/aromatic N) is 2. The van der Waals surface area contributed by atoms with Crippen molar-refractivity contribution in [3.05, 3.63) is 40.7 Å². The van der Waals surface area contributed by atoms with Gasteiger partial charge in [-0.1, -0.05) is 13.0 Å². The molecular weight excluding hydrogens is 359 g/mol. The largest absolute Gasteiger partial charge is 0.459 e. The van der Waals surface area contributed by atoms with Gasteiger partial charge in [0.05, 0.1) is 12.1 Å². The lowest BCUT2D eigenvalue weighted by Gasteiger charge is -2.43. The quantitative estimate of drug-likeness (QED) is 0.302. The van der Waals surface area contributed by atoms with Gasteiger partial charge in [-0.05, 0) is 51.0 Å². The van der Waals surface area contributed by atoms with E-state index in [9.17, 15) is 14.4 Å². The smallest absolute Gasteiger partial charge is 0.348 e. The maximum atomic E-state index is 14.9. The van der Waals surface area contributed by atoms with Crippen molar-refractivity contribution in [3.8, 4) is 6.07 Å². The van der Waals surface area contributed by atoms with Crippen molar-refractivity contribution in [2.75, 3.05) is 31.8 Å². The average Bonchev–Trinajstić information content (AvgIpc) is 2.63. The summed E-state index contributed by atoms with van der Waals surface area (Å²) >= 11 is 0. The van der Waals surface area contributed by atoms with Crippen LogP contribution < -0.4 is 4.90 Å². The van der Waals surface area contributed by atoms with Gasteiger partial charge in [-0.2, -0.15) is 5.26 Å². The van der Waals surface area contributed by atoms with Gasteiger partial charge < -0.3 is 14.4 Å². The molecule has 0 aliphatic carbocycles. The Labute approximate surface area is 166 Å². The number of ether oxygens (including phenoxy) is 2. The molecule has 1 aliphatic rings. The van der Waals surface area contributed by atoms with Gasteiger partial charge in [0.15, 0.2) is 0 Å². The van der Waals surface area contributed by atoms with E-state index in [0.29, 0.717) is 0 Å². The maximum Gasteiger partial charge on any atom is 0.348 e. The topological polar surface area (TPSA) is 62.6 Å². The number of nitriles is 1. The Bertz CT molecular complexity index is 850. The number of rotatable bonds is 7. The third kappa shape index (κ3) is 4.60. The molecule has 0 N–H and O–H groups in total. The van der Waals surface area contributed by atoms with Crippen molar-refractivity contribution >= 4 is 23.3 Å². The third-order valence-corrected chi connectivity index (χ3v) is 4.70. The van der Waals surface area contributed by atoms with E-state index in [4.69, 9.17) is 9.47 Å². The van der Waals surface area contributed by atoms with Crippen molar-refractivity contribution in [3.63, 3.8) is 0 Å². The predicted octanol–water partition coefficient (Wildman–Crippen LogP) is 4.33. The minimum Gasteiger partial charge on any atom is -0.459 e. The summed E-state index contributed by atoms with van der Waals surface area (Å²) in [5, 5.41) is 9.28. The molecule has 0 atom stereocenters. The predicted molar refractivity (Wildman–Crippen MR) is 108 cm³/mol. The summed E-state index contributed by atoms with van der Waals surface area (Å²) in [5.41, 5.74) is 2.46. The molecule has 5 nitrogen and oxygen atoms in total. The SMILES string of the molecule is CCCN1c2cc(F)c(/C=C(/C#N)C(=O)OCCOC)cc2C(C)=CC1(C)C. The first-order valence-electron chi connectivity index (χ1n) is 9.34. The van der Waals surface area contributed by atoms with Crippen LogP contribution in [0.1, 0.15) is 45.2 Å². The molecule has 0 saturated heterocycles. The van der Waals surface area contributed by atoms with Crippen LogP contribution in [-0.4, -0.2) is 38.4 Å². The second-order valence-electron chi connectivity index (χ2n) is 7.32. The highest BCUT2D eigenvalue weighted by atomic mass is 19.1. The number of methoxy groups -OCH3 is 1. The van der Waals surface area contributed by atoms with E-state index in [2.05, 4.69) is 31.7 Å². The molecule has 0 unspecified atom stereocenters. The standard InChI is InChI=1S/C22H27FN2O3/c1-6-7-25-20-12-19(23)16(11-18(20)15(2)13-22(25,3)4)10-17(14-24)21(26)28-9-8-27-5/h10-13H,6-9H2,1-5H3/b17-10-. The van der Waals surface area contributed by atoms with Crippen LogP contribution in [0.2, 0.25) is 0 Å². The first-order chi connectivity index (χ1) is 13.2. The highest BCUT2D eigenvalue weighted by Crippen LogP contribution is 2.40. The van der Waals surface area contributed by atoms with Crippen LogP contribution in [0.3, 0.4) is 0 Å². The fourth-order valence-electron chi connectivity index (χ4n) is 3.45. The van der Waals surface area contributed by atoms with Crippen LogP contribution in [-0.2, 0) is 14.3 Å². The van der Waals surface area contributed by atoms with Crippen LogP contribution in [0.4, 0.5) is 10.1 Å². The number of hydrogen-bond acceptors (Lipinski definition) is 5. The Morgan fingerprint density at radius 2 is 2.07 bits per heavy atom. The zero-order valence-corrected chi connectivity index (χ0v) is 17.1. The van der Waals surface area contributed by atoms with Crippen LogP contribution in [0.25, 0.3) is 11.6 Å². The Morgan fingerprint density at radius 1 is 1.36 bits per heavy atom. The molecule has 1 aromatic rings. The fraction of sp³-hybridized carbons (Fsp3) is 0.455. The Kier molecular flexibility index (Phi) is 6.98. The number of carbonyl (C=O) groups excluding carboxylic acids is 1. The molecule has 1 heterocycles. The summed E-state index contributed by atoms with van der Waals surface area (Å²) in [6.45, 7) is 9.33. The maximum absolute atomic E-state index is 14.9. The van der Waals surface area contributed by atoms with Crippen LogP contribution in [0.5, 0.6) is 0 Å². The lowest BCUT2D eigenvalue weighted by atomic mass is 9.87. The van der Waals surface area contributed by atoms with Crippen LogP contribution in [0.15, 0.2) is 23.8 Å². The van der Waals surface area contributed by atoms with Gasteiger partial charge in [-0.3, -0.25) is 0 Å². The van der Waals surface area contributed by atoms with Crippen molar-refractivity contribution in [2.24, 2.45) is 0 Å². The summed E-state index contributed by atoms with van der Waals surface area (Å²) in [4.78, 5) is 14.2. The molecule has 0 amide bonds. The van der Waals surface area contributed by atoms with E-state index >= 15 is 0 Å². The summed E-state index contributed by atoms with van der Waals surface area (Å²) < 4.78 is 24.6. The minimum absolute atomic E-state index is 0.0317. The lowest BCUT2D eigenvalue weighted by Crippen LogP contribution is -2.45. The highest BCUT2D eigenvalue weighted by Gasteiger charge is 2.31. The van der Waals surface area contributed by atoms with Gasteiger partial charge in [0.25, 0.3) is 0 Å². The van der Waals surface area contributed by atoms with Gasteiger partial charge in [-0.25, -0.2) is 9.18 Å². The number of allylic oxidation sites excluding steroid dienone is 1. The minimum atomic E-state index is -0.794. The molecule has 150 valence electrons. The van der Waals surface area contributed by atoms with Crippen molar-refractivity contribution < 1.29 is 18.7 Å². The highest BCUT2D eigenvalue weighted by molar-refractivity contribution is 5.98. The lowest BCUT2D eigenvalue weighted by molar-refractivity contribution is -0.139. The van der Waals surface area contributed by atoms with Crippen LogP contribution >= 0.6 is 0 Å². The number of fused-ring (bicyclic) bond motifs is 1. The zero-order valence-electron chi connectivity index (χ0n) is 17.1. The molecule has 2 rings (SSSR count). The summed E-state index contributed by atoms with van der Waals surface area (Å²) in [6.07, 6.45) is 4.33. The van der Waals surface area contributed by atoms with Crippen molar-refractivity contribution in [1.82, 2.24) is 0 Å². The second kappa shape index (κ2) is 9.03. The molecule has 0 saturated carbocycles. The van der Waals surface area contributed by atoms with Crippen LogP contribution in [0, 0.1) is 17.1 Å². The van der Waals surface area contributed by atoms with Gasteiger partial charge in [0, 0.05) is 30.5 Å². The van der Waals surface area contributed by atoms with E-state index in [1.807, 2.05) is 6.92 Å². The number of carbonyl (C=O) groups is 1. The zero-order chi connectivity index (χ0) is 20.9. The number of benzene rings is 1. The van der Waals surface area contributed by atoms with Crippen molar-refractivity contribution in [2.45, 2.75) is 39.7 Å². The molecule has 0 bridgehead atoms. The first-order valence-corrected chi connectivity index (χ1v) is 9.34. The summed E-state index contributed by atoms with van der Waals surface area (Å²) in [6, 6.07) is 4.97. The van der Waals surface area contributed by atoms with Crippen molar-refractivity contribution in [1.29, 1.82) is 5.26 Å². The van der Waals surface area contributed by atoms with Gasteiger partial charge in [0.2, 0.25) is 0 Å². The molecule has 0 radical (unpaired) electrons. The van der Waals surface area contributed by atoms with Gasteiger partial charge in [0.1, 0.15) is 24.1 Å². The van der Waals surface area contributed by atoms with E-state index in [1.165, 1.54) is 19.3 Å². The number of hydrogen-bond donors (Lipinski definition) is 0. The van der Waals surface area contributed by atoms with E-state index in [-0.39, 0.29) is 29.9 Å². The normalized spacial score (nSPS) is 15.5. The average molecular weight is 386 g/mol. The van der Waals surface area contributed by atoms with Gasteiger partial charge >= 0.3 is 5.97 Å². The molecule has 0 spiro atoms. The molecule has 0 aromatic heterocycles. The monoisotopic (exact) mass is 386 g/mol. The molecule has 0 fully saturated rings. The molecule has 28 heavy (non-hydrogen) atoms. The Hall–Kier alpha value is -2.65. The fourth-order valence-corrected chi connectivity index (χ4v) is 3.45.